The van der Waals surface area contributed by atoms with Crippen molar-refractivity contribution in [1.29, 1.82) is 0 Å². The highest BCUT2D eigenvalue weighted by atomic mass is 16.3. The lowest BCUT2D eigenvalue weighted by Gasteiger charge is -2.15. The Bertz CT molecular complexity index is 1120. The summed E-state index contributed by atoms with van der Waals surface area (Å²) in [4.78, 5) is 43.5. The highest BCUT2D eigenvalue weighted by Gasteiger charge is 2.34. The van der Waals surface area contributed by atoms with Gasteiger partial charge in [0.05, 0.1) is 36.0 Å². The minimum atomic E-state index is -0.450. The van der Waals surface area contributed by atoms with Gasteiger partial charge in [0, 0.05) is 24.7 Å². The fraction of sp³-hybridized carbons (Fsp3) is 0.333. The van der Waals surface area contributed by atoms with Crippen LogP contribution in [0.3, 0.4) is 0 Å². The van der Waals surface area contributed by atoms with Crippen molar-refractivity contribution in [2.24, 2.45) is 5.92 Å². The molecule has 8 nitrogen and oxygen atoms in total. The molecular weight excluding hydrogens is 372 g/mol. The molecule has 1 atom stereocenters. The summed E-state index contributed by atoms with van der Waals surface area (Å²) in [5, 5.41) is 3.28. The van der Waals surface area contributed by atoms with Crippen molar-refractivity contribution in [2.75, 3.05) is 11.9 Å². The van der Waals surface area contributed by atoms with Crippen LogP contribution < -0.4 is 10.9 Å². The van der Waals surface area contributed by atoms with Crippen LogP contribution in [-0.2, 0) is 16.1 Å². The van der Waals surface area contributed by atoms with Gasteiger partial charge in [0.25, 0.3) is 5.56 Å². The molecule has 0 saturated carbocycles. The van der Waals surface area contributed by atoms with E-state index in [1.165, 1.54) is 6.33 Å². The topological polar surface area (TPSA) is 97.4 Å². The smallest absolute Gasteiger partial charge is 0.261 e. The quantitative estimate of drug-likeness (QED) is 0.717. The molecular formula is C21H22N4O4. The number of carbonyl (C=O) groups excluding carboxylic acids is 2. The zero-order valence-corrected chi connectivity index (χ0v) is 16.3. The maximum atomic E-state index is 12.7. The largest absolute Gasteiger partial charge is 0.467 e. The molecule has 2 aromatic heterocycles. The van der Waals surface area contributed by atoms with Crippen LogP contribution in [-0.4, -0.2) is 32.8 Å². The molecule has 0 radical (unpaired) electrons. The summed E-state index contributed by atoms with van der Waals surface area (Å²) in [6.07, 6.45) is 3.25. The van der Waals surface area contributed by atoms with Crippen molar-refractivity contribution in [2.45, 2.75) is 32.9 Å². The summed E-state index contributed by atoms with van der Waals surface area (Å²) in [7, 11) is 0. The number of nitrogens with zero attached hydrogens (tertiary/aromatic N) is 3. The lowest BCUT2D eigenvalue weighted by molar-refractivity contribution is -0.128. The minimum Gasteiger partial charge on any atom is -0.467 e. The van der Waals surface area contributed by atoms with Crippen LogP contribution in [0, 0.1) is 5.92 Å². The monoisotopic (exact) mass is 394 g/mol. The number of fused-ring (bicyclic) bond motifs is 1. The van der Waals surface area contributed by atoms with Crippen LogP contribution in [0.2, 0.25) is 0 Å². The van der Waals surface area contributed by atoms with Crippen molar-refractivity contribution >= 4 is 28.4 Å². The first kappa shape index (κ1) is 18.9. The number of anilines is 1. The summed E-state index contributed by atoms with van der Waals surface area (Å²) >= 11 is 0. The van der Waals surface area contributed by atoms with Crippen molar-refractivity contribution in [1.82, 2.24) is 14.5 Å². The second kappa shape index (κ2) is 7.54. The molecule has 0 spiro atoms. The van der Waals surface area contributed by atoms with E-state index in [0.29, 0.717) is 35.4 Å². The van der Waals surface area contributed by atoms with Crippen molar-refractivity contribution in [3.05, 3.63) is 59.0 Å². The Morgan fingerprint density at radius 3 is 2.86 bits per heavy atom. The van der Waals surface area contributed by atoms with Gasteiger partial charge in [0.1, 0.15) is 5.76 Å². The molecule has 2 amide bonds. The molecule has 4 rings (SSSR count). The molecule has 1 fully saturated rings. The Labute approximate surface area is 167 Å². The fourth-order valence-corrected chi connectivity index (χ4v) is 3.52. The minimum absolute atomic E-state index is 0.0118. The number of carbonyl (C=O) groups is 2. The molecule has 0 aliphatic carbocycles. The van der Waals surface area contributed by atoms with Gasteiger partial charge in [-0.3, -0.25) is 19.0 Å². The molecule has 1 saturated heterocycles. The van der Waals surface area contributed by atoms with E-state index in [1.54, 1.807) is 46.1 Å². The SMILES string of the molecule is CC(C)n1cnc2ccc(NC(=O)[C@H]3CC(=O)N(Cc4ccco4)C3)cc2c1=O. The Balaban J connectivity index is 1.49. The van der Waals surface area contributed by atoms with Gasteiger partial charge in [-0.1, -0.05) is 0 Å². The van der Waals surface area contributed by atoms with Crippen molar-refractivity contribution < 1.29 is 14.0 Å². The maximum Gasteiger partial charge on any atom is 0.261 e. The molecule has 1 aromatic carbocycles. The number of hydrogen-bond acceptors (Lipinski definition) is 5. The van der Waals surface area contributed by atoms with E-state index in [-0.39, 0.29) is 29.8 Å². The first-order valence-corrected chi connectivity index (χ1v) is 9.54. The summed E-state index contributed by atoms with van der Waals surface area (Å²) < 4.78 is 6.83. The second-order valence-electron chi connectivity index (χ2n) is 7.53. The number of rotatable bonds is 5. The van der Waals surface area contributed by atoms with E-state index >= 15 is 0 Å². The molecule has 3 aromatic rings. The van der Waals surface area contributed by atoms with E-state index in [4.69, 9.17) is 4.42 Å². The van der Waals surface area contributed by atoms with E-state index in [9.17, 15) is 14.4 Å². The third kappa shape index (κ3) is 3.78. The van der Waals surface area contributed by atoms with Gasteiger partial charge < -0.3 is 14.6 Å². The Hall–Kier alpha value is -3.42. The zero-order chi connectivity index (χ0) is 20.5. The Kier molecular flexibility index (Phi) is 4.92. The van der Waals surface area contributed by atoms with Crippen LogP contribution in [0.25, 0.3) is 10.9 Å². The summed E-state index contributed by atoms with van der Waals surface area (Å²) in [5.74, 6) is -0.0888. The normalized spacial score (nSPS) is 16.7. The highest BCUT2D eigenvalue weighted by Crippen LogP contribution is 2.23. The summed E-state index contributed by atoms with van der Waals surface area (Å²) in [5.41, 5.74) is 0.937. The lowest BCUT2D eigenvalue weighted by Crippen LogP contribution is -2.28. The summed E-state index contributed by atoms with van der Waals surface area (Å²) in [6.45, 7) is 4.50. The number of aromatic nitrogens is 2. The zero-order valence-electron chi connectivity index (χ0n) is 16.3. The van der Waals surface area contributed by atoms with Gasteiger partial charge in [-0.15, -0.1) is 0 Å². The van der Waals surface area contributed by atoms with Crippen LogP contribution in [0.15, 0.2) is 52.1 Å². The van der Waals surface area contributed by atoms with Gasteiger partial charge >= 0.3 is 0 Å². The van der Waals surface area contributed by atoms with Crippen LogP contribution >= 0.6 is 0 Å². The van der Waals surface area contributed by atoms with Crippen LogP contribution in [0.5, 0.6) is 0 Å². The number of benzene rings is 1. The van der Waals surface area contributed by atoms with Crippen molar-refractivity contribution in [3.63, 3.8) is 0 Å². The molecule has 1 aliphatic heterocycles. The molecule has 8 heteroatoms. The van der Waals surface area contributed by atoms with Crippen molar-refractivity contribution in [3.8, 4) is 0 Å². The molecule has 150 valence electrons. The number of amides is 2. The average molecular weight is 394 g/mol. The van der Waals surface area contributed by atoms with Gasteiger partial charge in [-0.2, -0.15) is 0 Å². The predicted molar refractivity (Wildman–Crippen MR) is 107 cm³/mol. The number of likely N-dealkylation sites (tertiary alicyclic amines) is 1. The third-order valence-corrected chi connectivity index (χ3v) is 5.12. The van der Waals surface area contributed by atoms with Gasteiger partial charge in [-0.25, -0.2) is 4.98 Å². The van der Waals surface area contributed by atoms with E-state index < -0.39 is 5.92 Å². The maximum absolute atomic E-state index is 12.7. The standard InChI is InChI=1S/C21H22N4O4/c1-13(2)25-12-22-18-6-5-15(9-17(18)21(25)28)23-20(27)14-8-19(26)24(10-14)11-16-4-3-7-29-16/h3-7,9,12-14H,8,10-11H2,1-2H3,(H,23,27)/t14-/m0/s1. The highest BCUT2D eigenvalue weighted by molar-refractivity contribution is 5.98. The van der Waals surface area contributed by atoms with E-state index in [1.807, 2.05) is 13.8 Å². The first-order valence-electron chi connectivity index (χ1n) is 9.54. The molecule has 0 bridgehead atoms. The van der Waals surface area contributed by atoms with Gasteiger partial charge in [0.15, 0.2) is 0 Å². The first-order chi connectivity index (χ1) is 13.9. The second-order valence-corrected chi connectivity index (χ2v) is 7.53. The predicted octanol–water partition coefficient (Wildman–Crippen LogP) is 2.56. The van der Waals surface area contributed by atoms with Gasteiger partial charge in [0.2, 0.25) is 11.8 Å². The van der Waals surface area contributed by atoms with Gasteiger partial charge in [-0.05, 0) is 44.2 Å². The van der Waals surface area contributed by atoms with Crippen LogP contribution in [0.1, 0.15) is 32.1 Å². The van der Waals surface area contributed by atoms with E-state index in [0.717, 1.165) is 0 Å². The fourth-order valence-electron chi connectivity index (χ4n) is 3.52. The Morgan fingerprint density at radius 1 is 1.31 bits per heavy atom. The van der Waals surface area contributed by atoms with Crippen LogP contribution in [0.4, 0.5) is 5.69 Å². The Morgan fingerprint density at radius 2 is 2.14 bits per heavy atom. The summed E-state index contributed by atoms with van der Waals surface area (Å²) in [6, 6.07) is 8.61. The average Bonchev–Trinajstić information content (AvgIpc) is 3.33. The number of furan rings is 1. The molecule has 3 heterocycles. The molecule has 29 heavy (non-hydrogen) atoms. The molecule has 1 N–H and O–H groups in total. The third-order valence-electron chi connectivity index (χ3n) is 5.12. The number of nitrogens with one attached hydrogen (secondary N) is 1. The van der Waals surface area contributed by atoms with E-state index in [2.05, 4.69) is 10.3 Å². The molecule has 1 aliphatic rings. The number of hydrogen-bond donors (Lipinski definition) is 1. The lowest BCUT2D eigenvalue weighted by atomic mass is 10.1. The molecule has 0 unspecified atom stereocenters.